The Morgan fingerprint density at radius 3 is 2.71 bits per heavy atom. The third-order valence-corrected chi connectivity index (χ3v) is 4.36. The van der Waals surface area contributed by atoms with Gasteiger partial charge in [-0.25, -0.2) is 9.37 Å². The summed E-state index contributed by atoms with van der Waals surface area (Å²) in [6.45, 7) is 0.401. The molecule has 2 heterocycles. The van der Waals surface area contributed by atoms with Crippen molar-refractivity contribution < 1.29 is 17.4 Å². The highest BCUT2D eigenvalue weighted by atomic mass is 32.2. The van der Waals surface area contributed by atoms with Crippen LogP contribution in [0.15, 0.2) is 35.5 Å². The molecule has 2 N–H and O–H groups in total. The maximum absolute atomic E-state index is 12.8. The second-order valence-electron chi connectivity index (χ2n) is 4.15. The van der Waals surface area contributed by atoms with Gasteiger partial charge >= 0.3 is 10.1 Å². The number of benzene rings is 1. The Hall–Kier alpha value is -2.04. The SMILES string of the molecule is O=S(=O)(O)c1cnc2sc(NCc3ccc(F)cc3)nn12. The minimum atomic E-state index is -4.37. The van der Waals surface area contributed by atoms with Crippen molar-refractivity contribution in [2.24, 2.45) is 0 Å². The maximum Gasteiger partial charge on any atom is 0.313 e. The standard InChI is InChI=1S/C11H9FN4O3S2/c12-8-3-1-7(2-4-8)5-13-10-15-16-9(21(17,18)19)6-14-11(16)20-10/h1-4,6H,5H2,(H,13,15)(H,17,18,19). The van der Waals surface area contributed by atoms with Crippen molar-refractivity contribution in [3.63, 3.8) is 0 Å². The van der Waals surface area contributed by atoms with Gasteiger partial charge in [-0.1, -0.05) is 23.5 Å². The first kappa shape index (κ1) is 13.9. The van der Waals surface area contributed by atoms with E-state index in [1.807, 2.05) is 0 Å². The van der Waals surface area contributed by atoms with Crippen LogP contribution in [0.1, 0.15) is 5.56 Å². The van der Waals surface area contributed by atoms with Gasteiger partial charge < -0.3 is 5.32 Å². The van der Waals surface area contributed by atoms with Gasteiger partial charge in [-0.15, -0.1) is 5.10 Å². The van der Waals surface area contributed by atoms with Crippen LogP contribution in [0.4, 0.5) is 9.52 Å². The molecule has 110 valence electrons. The number of nitrogens with zero attached hydrogens (tertiary/aromatic N) is 3. The maximum atomic E-state index is 12.8. The Bertz CT molecular complexity index is 886. The van der Waals surface area contributed by atoms with Crippen LogP contribution in [0.25, 0.3) is 4.96 Å². The zero-order valence-corrected chi connectivity index (χ0v) is 12.0. The molecule has 0 amide bonds. The number of rotatable bonds is 4. The molecule has 0 aliphatic rings. The van der Waals surface area contributed by atoms with E-state index < -0.39 is 10.1 Å². The van der Waals surface area contributed by atoms with Crippen LogP contribution >= 0.6 is 11.3 Å². The summed E-state index contributed by atoms with van der Waals surface area (Å²) in [6.07, 6.45) is 1.04. The number of anilines is 1. The van der Waals surface area contributed by atoms with Gasteiger partial charge in [0.15, 0.2) is 0 Å². The zero-order chi connectivity index (χ0) is 15.0. The van der Waals surface area contributed by atoms with Gasteiger partial charge in [-0.05, 0) is 17.7 Å². The van der Waals surface area contributed by atoms with Gasteiger partial charge in [-0.2, -0.15) is 12.9 Å². The average Bonchev–Trinajstić information content (AvgIpc) is 2.96. The highest BCUT2D eigenvalue weighted by Gasteiger charge is 2.19. The fraction of sp³-hybridized carbons (Fsp3) is 0.0909. The first-order valence-electron chi connectivity index (χ1n) is 5.74. The summed E-state index contributed by atoms with van der Waals surface area (Å²) >= 11 is 1.14. The van der Waals surface area contributed by atoms with Gasteiger partial charge in [0, 0.05) is 6.54 Å². The fourth-order valence-electron chi connectivity index (χ4n) is 1.70. The Balaban J connectivity index is 1.82. The number of fused-ring (bicyclic) bond motifs is 1. The zero-order valence-electron chi connectivity index (χ0n) is 10.4. The molecule has 0 spiro atoms. The number of aromatic nitrogens is 3. The molecule has 0 saturated heterocycles. The van der Waals surface area contributed by atoms with Crippen LogP contribution in [0.5, 0.6) is 0 Å². The lowest BCUT2D eigenvalue weighted by Gasteiger charge is -2.01. The molecule has 21 heavy (non-hydrogen) atoms. The molecule has 1 aromatic carbocycles. The molecule has 0 saturated carbocycles. The van der Waals surface area contributed by atoms with Crippen LogP contribution in [0.2, 0.25) is 0 Å². The monoisotopic (exact) mass is 328 g/mol. The number of hydrogen-bond donors (Lipinski definition) is 2. The minimum absolute atomic E-state index is 0.315. The average molecular weight is 328 g/mol. The largest absolute Gasteiger partial charge is 0.356 e. The molecule has 7 nitrogen and oxygen atoms in total. The number of halogens is 1. The second kappa shape index (κ2) is 5.06. The number of nitrogens with one attached hydrogen (secondary N) is 1. The summed E-state index contributed by atoms with van der Waals surface area (Å²) in [6, 6.07) is 5.96. The molecule has 0 radical (unpaired) electrons. The first-order valence-corrected chi connectivity index (χ1v) is 7.99. The van der Waals surface area contributed by atoms with Crippen LogP contribution in [-0.4, -0.2) is 27.6 Å². The summed E-state index contributed by atoms with van der Waals surface area (Å²) < 4.78 is 45.1. The van der Waals surface area contributed by atoms with Crippen LogP contribution in [0.3, 0.4) is 0 Å². The van der Waals surface area contributed by atoms with E-state index in [0.717, 1.165) is 27.6 Å². The molecule has 10 heteroatoms. The van der Waals surface area contributed by atoms with Gasteiger partial charge in [0.05, 0.1) is 6.20 Å². The molecule has 3 rings (SSSR count). The second-order valence-corrected chi connectivity index (χ2v) is 6.48. The Kier molecular flexibility index (Phi) is 3.35. The number of imidazole rings is 1. The Morgan fingerprint density at radius 2 is 2.05 bits per heavy atom. The van der Waals surface area contributed by atoms with E-state index in [2.05, 4.69) is 15.4 Å². The normalized spacial score (nSPS) is 11.9. The molecular weight excluding hydrogens is 319 g/mol. The van der Waals surface area contributed by atoms with Crippen molar-refractivity contribution in [2.45, 2.75) is 11.6 Å². The highest BCUT2D eigenvalue weighted by molar-refractivity contribution is 7.85. The molecule has 3 aromatic rings. The lowest BCUT2D eigenvalue weighted by Crippen LogP contribution is -2.04. The molecule has 0 fully saturated rings. The Labute approximate surface area is 122 Å². The van der Waals surface area contributed by atoms with E-state index in [0.29, 0.717) is 16.6 Å². The molecule has 0 atom stereocenters. The van der Waals surface area contributed by atoms with Crippen molar-refractivity contribution in [3.05, 3.63) is 41.8 Å². The van der Waals surface area contributed by atoms with Crippen LogP contribution in [-0.2, 0) is 16.7 Å². The molecule has 0 unspecified atom stereocenters. The minimum Gasteiger partial charge on any atom is -0.356 e. The molecule has 0 bridgehead atoms. The summed E-state index contributed by atoms with van der Waals surface area (Å²) in [5.41, 5.74) is 0.847. The van der Waals surface area contributed by atoms with E-state index in [1.165, 1.54) is 12.1 Å². The summed E-state index contributed by atoms with van der Waals surface area (Å²) in [5.74, 6) is -0.315. The lowest BCUT2D eigenvalue weighted by molar-refractivity contribution is 0.476. The van der Waals surface area contributed by atoms with Gasteiger partial charge in [0.2, 0.25) is 15.1 Å². The van der Waals surface area contributed by atoms with Crippen LogP contribution < -0.4 is 5.32 Å². The van der Waals surface area contributed by atoms with Crippen LogP contribution in [0, 0.1) is 5.82 Å². The summed E-state index contributed by atoms with van der Waals surface area (Å²) in [4.78, 5) is 4.20. The smallest absolute Gasteiger partial charge is 0.313 e. The molecule has 2 aromatic heterocycles. The van der Waals surface area contributed by atoms with E-state index in [1.54, 1.807) is 12.1 Å². The van der Waals surface area contributed by atoms with E-state index in [9.17, 15) is 12.8 Å². The van der Waals surface area contributed by atoms with Crippen molar-refractivity contribution in [1.29, 1.82) is 0 Å². The Morgan fingerprint density at radius 1 is 1.33 bits per heavy atom. The third kappa shape index (κ3) is 2.86. The quantitative estimate of drug-likeness (QED) is 0.709. The van der Waals surface area contributed by atoms with Gasteiger partial charge in [-0.3, -0.25) is 4.55 Å². The fourth-order valence-corrected chi connectivity index (χ4v) is 3.06. The van der Waals surface area contributed by atoms with E-state index in [-0.39, 0.29) is 10.8 Å². The molecule has 0 aliphatic heterocycles. The van der Waals surface area contributed by atoms with E-state index in [4.69, 9.17) is 4.55 Å². The molecular formula is C11H9FN4O3S2. The van der Waals surface area contributed by atoms with Crippen molar-refractivity contribution in [1.82, 2.24) is 14.6 Å². The van der Waals surface area contributed by atoms with Crippen molar-refractivity contribution >= 4 is 31.5 Å². The predicted octanol–water partition coefficient (Wildman–Crippen LogP) is 1.79. The van der Waals surface area contributed by atoms with Crippen molar-refractivity contribution in [3.8, 4) is 0 Å². The first-order chi connectivity index (χ1) is 9.93. The predicted molar refractivity (Wildman–Crippen MR) is 74.4 cm³/mol. The molecule has 0 aliphatic carbocycles. The lowest BCUT2D eigenvalue weighted by atomic mass is 10.2. The van der Waals surface area contributed by atoms with Gasteiger partial charge in [0.25, 0.3) is 0 Å². The topological polar surface area (TPSA) is 96.6 Å². The third-order valence-electron chi connectivity index (χ3n) is 2.68. The van der Waals surface area contributed by atoms with Gasteiger partial charge in [0.1, 0.15) is 5.82 Å². The van der Waals surface area contributed by atoms with E-state index >= 15 is 0 Å². The summed E-state index contributed by atoms with van der Waals surface area (Å²) in [7, 11) is -4.37. The summed E-state index contributed by atoms with van der Waals surface area (Å²) in [5, 5.41) is 7.05. The highest BCUT2D eigenvalue weighted by Crippen LogP contribution is 2.22. The number of hydrogen-bond acceptors (Lipinski definition) is 6. The van der Waals surface area contributed by atoms with Crippen molar-refractivity contribution in [2.75, 3.05) is 5.32 Å².